The average molecular weight is 268 g/mol. The Bertz CT molecular complexity index is 447. The first kappa shape index (κ1) is 15.4. The van der Waals surface area contributed by atoms with Crippen LogP contribution in [0, 0.1) is 5.82 Å². The highest BCUT2D eigenvalue weighted by Crippen LogP contribution is 2.24. The lowest BCUT2D eigenvalue weighted by Crippen LogP contribution is -2.36. The second-order valence-electron chi connectivity index (χ2n) is 4.86. The molecule has 5 heteroatoms. The van der Waals surface area contributed by atoms with Crippen molar-refractivity contribution in [3.8, 4) is 5.75 Å². The fourth-order valence-electron chi connectivity index (χ4n) is 1.54. The van der Waals surface area contributed by atoms with Crippen LogP contribution in [0.25, 0.3) is 0 Å². The predicted molar refractivity (Wildman–Crippen MR) is 72.4 cm³/mol. The van der Waals surface area contributed by atoms with E-state index >= 15 is 0 Å². The maximum absolute atomic E-state index is 13.2. The van der Waals surface area contributed by atoms with Crippen LogP contribution in [-0.2, 0) is 4.79 Å². The van der Waals surface area contributed by atoms with E-state index < -0.39 is 5.82 Å². The van der Waals surface area contributed by atoms with Gasteiger partial charge in [0.25, 0.3) is 5.91 Å². The molecule has 2 N–H and O–H groups in total. The number of amides is 1. The van der Waals surface area contributed by atoms with Crippen LogP contribution >= 0.6 is 0 Å². The molecule has 0 bridgehead atoms. The minimum atomic E-state index is -0.413. The third-order valence-electron chi connectivity index (χ3n) is 2.99. The fourth-order valence-corrected chi connectivity index (χ4v) is 1.54. The highest BCUT2D eigenvalue weighted by atomic mass is 19.1. The summed E-state index contributed by atoms with van der Waals surface area (Å²) in [5.74, 6) is -0.251. The summed E-state index contributed by atoms with van der Waals surface area (Å²) >= 11 is 0. The summed E-state index contributed by atoms with van der Waals surface area (Å²) in [5.41, 5.74) is 6.46. The van der Waals surface area contributed by atoms with Gasteiger partial charge in [-0.25, -0.2) is 4.39 Å². The molecule has 1 atom stereocenters. The van der Waals surface area contributed by atoms with E-state index in [1.807, 2.05) is 13.8 Å². The molecule has 0 unspecified atom stereocenters. The van der Waals surface area contributed by atoms with Crippen LogP contribution in [0.3, 0.4) is 0 Å². The number of nitrogens with zero attached hydrogens (tertiary/aromatic N) is 1. The topological polar surface area (TPSA) is 55.6 Å². The van der Waals surface area contributed by atoms with Crippen molar-refractivity contribution in [2.75, 3.05) is 13.7 Å². The monoisotopic (exact) mass is 268 g/mol. The lowest BCUT2D eigenvalue weighted by Gasteiger charge is -2.22. The summed E-state index contributed by atoms with van der Waals surface area (Å²) in [7, 11) is 1.70. The zero-order valence-corrected chi connectivity index (χ0v) is 11.8. The van der Waals surface area contributed by atoms with Crippen molar-refractivity contribution in [2.45, 2.75) is 32.9 Å². The maximum atomic E-state index is 13.2. The van der Waals surface area contributed by atoms with E-state index in [0.717, 1.165) is 0 Å². The van der Waals surface area contributed by atoms with Gasteiger partial charge in [0, 0.05) is 30.8 Å². The van der Waals surface area contributed by atoms with Gasteiger partial charge >= 0.3 is 0 Å². The van der Waals surface area contributed by atoms with Crippen molar-refractivity contribution in [2.24, 2.45) is 5.73 Å². The van der Waals surface area contributed by atoms with E-state index in [4.69, 9.17) is 10.5 Å². The minimum absolute atomic E-state index is 0.0940. The first-order chi connectivity index (χ1) is 8.82. The minimum Gasteiger partial charge on any atom is -0.483 e. The van der Waals surface area contributed by atoms with Crippen LogP contribution in [0.4, 0.5) is 4.39 Å². The highest BCUT2D eigenvalue weighted by Gasteiger charge is 2.15. The molecule has 106 valence electrons. The third kappa shape index (κ3) is 4.21. The molecule has 19 heavy (non-hydrogen) atoms. The van der Waals surface area contributed by atoms with Gasteiger partial charge in [0.2, 0.25) is 0 Å². The Hall–Kier alpha value is -1.62. The molecule has 4 nitrogen and oxygen atoms in total. The van der Waals surface area contributed by atoms with Crippen molar-refractivity contribution in [3.05, 3.63) is 29.6 Å². The molecule has 0 aromatic heterocycles. The number of nitrogens with two attached hydrogens (primary N) is 1. The van der Waals surface area contributed by atoms with Gasteiger partial charge in [0.05, 0.1) is 0 Å². The normalized spacial score (nSPS) is 12.4. The molecule has 1 rings (SSSR count). The summed E-state index contributed by atoms with van der Waals surface area (Å²) in [5, 5.41) is 0. The maximum Gasteiger partial charge on any atom is 0.260 e. The summed E-state index contributed by atoms with van der Waals surface area (Å²) in [4.78, 5) is 13.4. The Morgan fingerprint density at radius 2 is 2.05 bits per heavy atom. The largest absolute Gasteiger partial charge is 0.483 e. The van der Waals surface area contributed by atoms with Crippen molar-refractivity contribution in [1.29, 1.82) is 0 Å². The van der Waals surface area contributed by atoms with Crippen LogP contribution in [0.15, 0.2) is 18.2 Å². The third-order valence-corrected chi connectivity index (χ3v) is 2.99. The number of carbonyl (C=O) groups is 1. The highest BCUT2D eigenvalue weighted by molar-refractivity contribution is 5.77. The van der Waals surface area contributed by atoms with Gasteiger partial charge < -0.3 is 15.4 Å². The van der Waals surface area contributed by atoms with Crippen LogP contribution in [-0.4, -0.2) is 30.5 Å². The standard InChI is InChI=1S/C14H21FN2O2/c1-9(2)17(4)14(18)8-19-13-7-11(15)5-6-12(13)10(3)16/h5-7,9-10H,8,16H2,1-4H3/t10-/m0/s1. The Labute approximate surface area is 113 Å². The van der Waals surface area contributed by atoms with Gasteiger partial charge in [0.1, 0.15) is 11.6 Å². The SMILES string of the molecule is CC(C)N(C)C(=O)COc1cc(F)ccc1[C@H](C)N. The number of halogens is 1. The number of benzene rings is 1. The molecule has 0 aliphatic carbocycles. The first-order valence-corrected chi connectivity index (χ1v) is 6.26. The molecule has 0 radical (unpaired) electrons. The number of ether oxygens (including phenoxy) is 1. The number of hydrogen-bond acceptors (Lipinski definition) is 3. The van der Waals surface area contributed by atoms with E-state index in [1.165, 1.54) is 12.1 Å². The molecule has 1 aromatic rings. The number of carbonyl (C=O) groups excluding carboxylic acids is 1. The Kier molecular flexibility index (Phi) is 5.30. The molecule has 0 fully saturated rings. The van der Waals surface area contributed by atoms with Crippen LogP contribution in [0.1, 0.15) is 32.4 Å². The van der Waals surface area contributed by atoms with Gasteiger partial charge in [-0.05, 0) is 26.8 Å². The lowest BCUT2D eigenvalue weighted by molar-refractivity contribution is -0.133. The molecule has 0 aliphatic heterocycles. The molecule has 0 spiro atoms. The number of hydrogen-bond donors (Lipinski definition) is 1. The zero-order chi connectivity index (χ0) is 14.6. The molecule has 0 saturated heterocycles. The second-order valence-corrected chi connectivity index (χ2v) is 4.86. The molecular formula is C14H21FN2O2. The molecular weight excluding hydrogens is 247 g/mol. The van der Waals surface area contributed by atoms with E-state index in [1.54, 1.807) is 24.9 Å². The van der Waals surface area contributed by atoms with Crippen LogP contribution in [0.2, 0.25) is 0 Å². The zero-order valence-electron chi connectivity index (χ0n) is 11.8. The first-order valence-electron chi connectivity index (χ1n) is 6.26. The fraction of sp³-hybridized carbons (Fsp3) is 0.500. The van der Waals surface area contributed by atoms with Crippen molar-refractivity contribution >= 4 is 5.91 Å². The van der Waals surface area contributed by atoms with E-state index in [9.17, 15) is 9.18 Å². The smallest absolute Gasteiger partial charge is 0.260 e. The van der Waals surface area contributed by atoms with Gasteiger partial charge in [-0.3, -0.25) is 4.79 Å². The average Bonchev–Trinajstić information content (AvgIpc) is 2.34. The van der Waals surface area contributed by atoms with E-state index in [0.29, 0.717) is 11.3 Å². The molecule has 1 aromatic carbocycles. The molecule has 1 amide bonds. The summed E-state index contributed by atoms with van der Waals surface area (Å²) < 4.78 is 18.6. The summed E-state index contributed by atoms with van der Waals surface area (Å²) in [6.07, 6.45) is 0. The molecule has 0 saturated carbocycles. The summed E-state index contributed by atoms with van der Waals surface area (Å²) in [6, 6.07) is 3.96. The van der Waals surface area contributed by atoms with Crippen LogP contribution < -0.4 is 10.5 Å². The van der Waals surface area contributed by atoms with Crippen LogP contribution in [0.5, 0.6) is 5.75 Å². The summed E-state index contributed by atoms with van der Waals surface area (Å²) in [6.45, 7) is 5.47. The Balaban J connectivity index is 2.77. The van der Waals surface area contributed by atoms with E-state index in [2.05, 4.69) is 0 Å². The predicted octanol–water partition coefficient (Wildman–Crippen LogP) is 2.09. The quantitative estimate of drug-likeness (QED) is 0.889. The van der Waals surface area contributed by atoms with Crippen molar-refractivity contribution in [3.63, 3.8) is 0 Å². The lowest BCUT2D eigenvalue weighted by atomic mass is 10.1. The van der Waals surface area contributed by atoms with Gasteiger partial charge in [-0.15, -0.1) is 0 Å². The van der Waals surface area contributed by atoms with Gasteiger partial charge in [0.15, 0.2) is 6.61 Å². The van der Waals surface area contributed by atoms with E-state index in [-0.39, 0.29) is 24.6 Å². The van der Waals surface area contributed by atoms with Crippen molar-refractivity contribution in [1.82, 2.24) is 4.90 Å². The molecule has 0 aliphatic rings. The van der Waals surface area contributed by atoms with Gasteiger partial charge in [-0.1, -0.05) is 6.07 Å². The number of likely N-dealkylation sites (N-methyl/N-ethyl adjacent to an activating group) is 1. The van der Waals surface area contributed by atoms with Crippen molar-refractivity contribution < 1.29 is 13.9 Å². The Morgan fingerprint density at radius 3 is 2.58 bits per heavy atom. The molecule has 0 heterocycles. The second kappa shape index (κ2) is 6.52. The Morgan fingerprint density at radius 1 is 1.42 bits per heavy atom. The number of rotatable bonds is 5. The van der Waals surface area contributed by atoms with Gasteiger partial charge in [-0.2, -0.15) is 0 Å².